The Balaban J connectivity index is 2.90. The van der Waals surface area contributed by atoms with Crippen LogP contribution in [-0.2, 0) is 14.8 Å². The number of carboxylic acids is 1. The topological polar surface area (TPSA) is 83.5 Å². The van der Waals surface area contributed by atoms with Gasteiger partial charge in [0, 0.05) is 6.04 Å². The van der Waals surface area contributed by atoms with Crippen LogP contribution in [0.25, 0.3) is 0 Å². The van der Waals surface area contributed by atoms with Gasteiger partial charge in [0.1, 0.15) is 5.82 Å². The maximum atomic E-state index is 12.9. The van der Waals surface area contributed by atoms with Gasteiger partial charge in [0.2, 0.25) is 10.0 Å². The molecule has 1 atom stereocenters. The summed E-state index contributed by atoms with van der Waals surface area (Å²) in [5.74, 6) is -1.76. The average Bonchev–Trinajstić information content (AvgIpc) is 2.27. The number of hydrogen-bond acceptors (Lipinski definition) is 3. The lowest BCUT2D eigenvalue weighted by atomic mass is 10.2. The van der Waals surface area contributed by atoms with Gasteiger partial charge in [-0.25, -0.2) is 17.5 Å². The number of nitrogens with one attached hydrogen (secondary N) is 1. The lowest BCUT2D eigenvalue weighted by Crippen LogP contribution is -2.36. The van der Waals surface area contributed by atoms with Crippen LogP contribution < -0.4 is 4.72 Å². The highest BCUT2D eigenvalue weighted by atomic mass is 32.2. The maximum absolute atomic E-state index is 12.9. The first-order valence-electron chi connectivity index (χ1n) is 5.35. The first-order chi connectivity index (χ1) is 8.35. The Morgan fingerprint density at radius 1 is 1.50 bits per heavy atom. The van der Waals surface area contributed by atoms with Crippen molar-refractivity contribution in [3.05, 3.63) is 30.1 Å². The van der Waals surface area contributed by atoms with Gasteiger partial charge in [0.05, 0.1) is 11.3 Å². The maximum Gasteiger partial charge on any atom is 0.304 e. The normalized spacial score (nSPS) is 13.2. The highest BCUT2D eigenvalue weighted by molar-refractivity contribution is 7.89. The second kappa shape index (κ2) is 5.92. The zero-order valence-corrected chi connectivity index (χ0v) is 10.6. The minimum atomic E-state index is -3.89. The summed E-state index contributed by atoms with van der Waals surface area (Å²) in [6, 6.07) is 3.83. The van der Waals surface area contributed by atoms with Crippen molar-refractivity contribution in [1.29, 1.82) is 0 Å². The monoisotopic (exact) mass is 275 g/mol. The van der Waals surface area contributed by atoms with E-state index in [9.17, 15) is 17.6 Å². The fourth-order valence-electron chi connectivity index (χ4n) is 1.40. The van der Waals surface area contributed by atoms with E-state index in [1.165, 1.54) is 12.1 Å². The molecule has 0 saturated carbocycles. The molecule has 0 saturated heterocycles. The van der Waals surface area contributed by atoms with Gasteiger partial charge < -0.3 is 5.11 Å². The number of carboxylic acid groups (broad SMARTS) is 1. The number of sulfonamides is 1. The van der Waals surface area contributed by atoms with E-state index in [-0.39, 0.29) is 11.3 Å². The van der Waals surface area contributed by atoms with Crippen LogP contribution in [0.3, 0.4) is 0 Å². The molecule has 0 fully saturated rings. The third-order valence-electron chi connectivity index (χ3n) is 2.34. The predicted molar refractivity (Wildman–Crippen MR) is 63.1 cm³/mol. The van der Waals surface area contributed by atoms with Gasteiger partial charge in [0.15, 0.2) is 0 Å². The molecule has 0 heterocycles. The summed E-state index contributed by atoms with van der Waals surface area (Å²) in [5, 5.41) is 8.63. The molecule has 1 aromatic carbocycles. The first kappa shape index (κ1) is 14.6. The van der Waals surface area contributed by atoms with E-state index in [1.807, 2.05) is 0 Å². The minimum absolute atomic E-state index is 0.216. The minimum Gasteiger partial charge on any atom is -0.481 e. The Kier molecular flexibility index (Phi) is 4.80. The molecule has 1 rings (SSSR count). The van der Waals surface area contributed by atoms with Crippen LogP contribution in [0.1, 0.15) is 19.8 Å². The highest BCUT2D eigenvalue weighted by Gasteiger charge is 2.21. The molecule has 0 aliphatic rings. The molecule has 1 unspecified atom stereocenters. The second-order valence-corrected chi connectivity index (χ2v) is 5.50. The molecular weight excluding hydrogens is 261 g/mol. The van der Waals surface area contributed by atoms with Crippen molar-refractivity contribution in [2.45, 2.75) is 30.7 Å². The van der Waals surface area contributed by atoms with Crippen LogP contribution in [0.4, 0.5) is 4.39 Å². The molecule has 0 aliphatic heterocycles. The van der Waals surface area contributed by atoms with Crippen molar-refractivity contribution in [3.63, 3.8) is 0 Å². The summed E-state index contributed by atoms with van der Waals surface area (Å²) < 4.78 is 38.9. The second-order valence-electron chi connectivity index (χ2n) is 3.78. The summed E-state index contributed by atoms with van der Waals surface area (Å²) in [6.45, 7) is 1.67. The third-order valence-corrected chi connectivity index (χ3v) is 3.86. The summed E-state index contributed by atoms with van der Waals surface area (Å²) in [7, 11) is -3.89. The molecule has 0 radical (unpaired) electrons. The van der Waals surface area contributed by atoms with E-state index in [2.05, 4.69) is 4.72 Å². The standard InChI is InChI=1S/C11H14FNO4S/c1-2-9(7-11(14)15)13-18(16,17)10-5-3-4-8(12)6-10/h3-6,9,13H,2,7H2,1H3,(H,14,15). The number of rotatable bonds is 6. The molecule has 100 valence electrons. The first-order valence-corrected chi connectivity index (χ1v) is 6.83. The largest absolute Gasteiger partial charge is 0.481 e. The highest BCUT2D eigenvalue weighted by Crippen LogP contribution is 2.12. The van der Waals surface area contributed by atoms with Crippen molar-refractivity contribution >= 4 is 16.0 Å². The molecular formula is C11H14FNO4S. The Hall–Kier alpha value is -1.47. The fourth-order valence-corrected chi connectivity index (χ4v) is 2.75. The van der Waals surface area contributed by atoms with E-state index in [0.29, 0.717) is 6.42 Å². The van der Waals surface area contributed by atoms with Crippen LogP contribution in [0.5, 0.6) is 0 Å². The van der Waals surface area contributed by atoms with Gasteiger partial charge in [-0.05, 0) is 24.6 Å². The van der Waals surface area contributed by atoms with Gasteiger partial charge in [-0.15, -0.1) is 0 Å². The van der Waals surface area contributed by atoms with Crippen LogP contribution in [0.15, 0.2) is 29.2 Å². The van der Waals surface area contributed by atoms with Crippen LogP contribution >= 0.6 is 0 Å². The fraction of sp³-hybridized carbons (Fsp3) is 0.364. The van der Waals surface area contributed by atoms with Crippen molar-refractivity contribution in [3.8, 4) is 0 Å². The van der Waals surface area contributed by atoms with Crippen LogP contribution in [0.2, 0.25) is 0 Å². The van der Waals surface area contributed by atoms with E-state index in [1.54, 1.807) is 6.92 Å². The summed E-state index contributed by atoms with van der Waals surface area (Å²) in [5.41, 5.74) is 0. The molecule has 1 aromatic rings. The number of hydrogen-bond donors (Lipinski definition) is 2. The van der Waals surface area contributed by atoms with E-state index >= 15 is 0 Å². The Morgan fingerprint density at radius 2 is 2.17 bits per heavy atom. The Morgan fingerprint density at radius 3 is 2.67 bits per heavy atom. The number of carbonyl (C=O) groups is 1. The van der Waals surface area contributed by atoms with Gasteiger partial charge in [0.25, 0.3) is 0 Å². The number of benzene rings is 1. The summed E-state index contributed by atoms with van der Waals surface area (Å²) in [6.07, 6.45) is 0.0197. The Labute approximate surface area is 105 Å². The molecule has 7 heteroatoms. The predicted octanol–water partition coefficient (Wildman–Crippen LogP) is 1.36. The number of aliphatic carboxylic acids is 1. The van der Waals surface area contributed by atoms with Crippen molar-refractivity contribution in [2.75, 3.05) is 0 Å². The van der Waals surface area contributed by atoms with Crippen molar-refractivity contribution < 1.29 is 22.7 Å². The molecule has 0 aliphatic carbocycles. The molecule has 18 heavy (non-hydrogen) atoms. The average molecular weight is 275 g/mol. The number of halogens is 1. The van der Waals surface area contributed by atoms with Crippen molar-refractivity contribution in [1.82, 2.24) is 4.72 Å². The molecule has 0 amide bonds. The third kappa shape index (κ3) is 4.08. The molecule has 0 aromatic heterocycles. The van der Waals surface area contributed by atoms with E-state index in [4.69, 9.17) is 5.11 Å². The van der Waals surface area contributed by atoms with Gasteiger partial charge in [-0.2, -0.15) is 0 Å². The van der Waals surface area contributed by atoms with Gasteiger partial charge in [-0.3, -0.25) is 4.79 Å². The van der Waals surface area contributed by atoms with Crippen molar-refractivity contribution in [2.24, 2.45) is 0 Å². The molecule has 0 spiro atoms. The zero-order valence-electron chi connectivity index (χ0n) is 9.76. The van der Waals surface area contributed by atoms with Crippen LogP contribution in [-0.4, -0.2) is 25.5 Å². The Bertz CT molecular complexity index is 530. The summed E-state index contributed by atoms with van der Waals surface area (Å²) >= 11 is 0. The zero-order chi connectivity index (χ0) is 13.8. The van der Waals surface area contributed by atoms with Crippen LogP contribution in [0, 0.1) is 5.82 Å². The molecule has 5 nitrogen and oxygen atoms in total. The SMILES string of the molecule is CCC(CC(=O)O)NS(=O)(=O)c1cccc(F)c1. The lowest BCUT2D eigenvalue weighted by molar-refractivity contribution is -0.137. The van der Waals surface area contributed by atoms with E-state index in [0.717, 1.165) is 12.1 Å². The molecule has 2 N–H and O–H groups in total. The quantitative estimate of drug-likeness (QED) is 0.821. The summed E-state index contributed by atoms with van der Waals surface area (Å²) in [4.78, 5) is 10.3. The van der Waals surface area contributed by atoms with Gasteiger partial charge in [-0.1, -0.05) is 13.0 Å². The van der Waals surface area contributed by atoms with E-state index < -0.39 is 27.9 Å². The van der Waals surface area contributed by atoms with Gasteiger partial charge >= 0.3 is 5.97 Å². The molecule has 0 bridgehead atoms. The smallest absolute Gasteiger partial charge is 0.304 e. The lowest BCUT2D eigenvalue weighted by Gasteiger charge is -2.15.